The zero-order valence-electron chi connectivity index (χ0n) is 4.97. The smallest absolute Gasteiger partial charge is 0.106 e. The molecule has 1 aliphatic heterocycles. The minimum atomic E-state index is 0.238. The summed E-state index contributed by atoms with van der Waals surface area (Å²) in [4.78, 5) is 5.80. The van der Waals surface area contributed by atoms with Crippen molar-refractivity contribution in [3.8, 4) is 0 Å². The summed E-state index contributed by atoms with van der Waals surface area (Å²) in [7, 11) is 0. The third-order valence-electron chi connectivity index (χ3n) is 1.46. The van der Waals surface area contributed by atoms with Gasteiger partial charge in [0.25, 0.3) is 0 Å². The average molecular weight is 131 g/mol. The number of hydroxylamine groups is 1. The van der Waals surface area contributed by atoms with Crippen molar-refractivity contribution < 1.29 is 4.84 Å². The second-order valence-corrected chi connectivity index (χ2v) is 2.52. The zero-order chi connectivity index (χ0) is 6.15. The van der Waals surface area contributed by atoms with E-state index in [2.05, 4.69) is 5.48 Å². The van der Waals surface area contributed by atoms with Gasteiger partial charge in [-0.25, -0.2) is 0 Å². The number of hydrogen-bond acceptors (Lipinski definition) is 2. The van der Waals surface area contributed by atoms with Crippen LogP contribution in [0.3, 0.4) is 0 Å². The molecule has 0 bridgehead atoms. The van der Waals surface area contributed by atoms with E-state index in [4.69, 9.17) is 17.1 Å². The maximum absolute atomic E-state index is 4.99. The highest BCUT2D eigenvalue weighted by molar-refractivity contribution is 7.80. The summed E-state index contributed by atoms with van der Waals surface area (Å²) >= 11 is 4.88. The van der Waals surface area contributed by atoms with E-state index in [0.29, 0.717) is 5.92 Å². The second kappa shape index (κ2) is 1.99. The molecular formula is C5H9NOS. The SMILES string of the molecule is CC1ONC(=S)C1C. The predicted octanol–water partition coefficient (Wildman–Crippen LogP) is 0.873. The molecule has 1 aliphatic rings. The van der Waals surface area contributed by atoms with Crippen LogP contribution in [-0.4, -0.2) is 11.1 Å². The van der Waals surface area contributed by atoms with Gasteiger partial charge in [0.1, 0.15) is 4.99 Å². The van der Waals surface area contributed by atoms with Crippen LogP contribution in [0.1, 0.15) is 13.8 Å². The standard InChI is InChI=1S/C5H9NOS/c1-3-4(2)7-6-5(3)8/h3-4H,1-2H3,(H,6,8). The lowest BCUT2D eigenvalue weighted by molar-refractivity contribution is 0.0441. The molecule has 3 heteroatoms. The molecule has 0 aromatic carbocycles. The lowest BCUT2D eigenvalue weighted by Crippen LogP contribution is -2.14. The largest absolute Gasteiger partial charge is 0.272 e. The highest BCUT2D eigenvalue weighted by atomic mass is 32.1. The Labute approximate surface area is 54.2 Å². The van der Waals surface area contributed by atoms with Gasteiger partial charge in [0.15, 0.2) is 0 Å². The molecule has 0 radical (unpaired) electrons. The van der Waals surface area contributed by atoms with Crippen molar-refractivity contribution in [3.05, 3.63) is 0 Å². The van der Waals surface area contributed by atoms with Crippen molar-refractivity contribution in [3.63, 3.8) is 0 Å². The van der Waals surface area contributed by atoms with Crippen LogP contribution in [0.4, 0.5) is 0 Å². The summed E-state index contributed by atoms with van der Waals surface area (Å²) in [5.41, 5.74) is 2.65. The molecule has 0 spiro atoms. The Balaban J connectivity index is 2.56. The summed E-state index contributed by atoms with van der Waals surface area (Å²) in [6, 6.07) is 0. The van der Waals surface area contributed by atoms with Gasteiger partial charge in [-0.15, -0.1) is 0 Å². The van der Waals surface area contributed by atoms with Crippen molar-refractivity contribution in [2.24, 2.45) is 5.92 Å². The predicted molar refractivity (Wildman–Crippen MR) is 35.4 cm³/mol. The molecule has 1 fully saturated rings. The lowest BCUT2D eigenvalue weighted by atomic mass is 10.1. The van der Waals surface area contributed by atoms with Crippen molar-refractivity contribution in [1.29, 1.82) is 0 Å². The van der Waals surface area contributed by atoms with E-state index in [1.54, 1.807) is 0 Å². The van der Waals surface area contributed by atoms with Crippen molar-refractivity contribution >= 4 is 17.2 Å². The molecule has 0 aliphatic carbocycles. The first-order valence-electron chi connectivity index (χ1n) is 2.67. The number of nitrogens with one attached hydrogen (secondary N) is 1. The number of thiocarbonyl (C=S) groups is 1. The topological polar surface area (TPSA) is 21.3 Å². The molecule has 1 rings (SSSR count). The van der Waals surface area contributed by atoms with Gasteiger partial charge in [-0.05, 0) is 6.92 Å². The van der Waals surface area contributed by atoms with Crippen LogP contribution < -0.4 is 5.48 Å². The van der Waals surface area contributed by atoms with Gasteiger partial charge in [-0.2, -0.15) is 0 Å². The third-order valence-corrected chi connectivity index (χ3v) is 1.92. The van der Waals surface area contributed by atoms with Gasteiger partial charge in [0.05, 0.1) is 6.10 Å². The van der Waals surface area contributed by atoms with Gasteiger partial charge in [0.2, 0.25) is 0 Å². The van der Waals surface area contributed by atoms with Gasteiger partial charge < -0.3 is 0 Å². The molecule has 2 atom stereocenters. The fourth-order valence-electron chi connectivity index (χ4n) is 0.559. The molecule has 0 saturated carbocycles. The summed E-state index contributed by atoms with van der Waals surface area (Å²) in [5.74, 6) is 0.380. The second-order valence-electron chi connectivity index (χ2n) is 2.08. The Bertz CT molecular complexity index is 115. The quantitative estimate of drug-likeness (QED) is 0.493. The minimum absolute atomic E-state index is 0.238. The molecule has 0 aromatic heterocycles. The first kappa shape index (κ1) is 5.98. The number of hydrogen-bond donors (Lipinski definition) is 1. The molecule has 46 valence electrons. The molecular weight excluding hydrogens is 122 g/mol. The maximum Gasteiger partial charge on any atom is 0.106 e. The maximum atomic E-state index is 4.99. The number of rotatable bonds is 0. The van der Waals surface area contributed by atoms with E-state index in [1.807, 2.05) is 13.8 Å². The highest BCUT2D eigenvalue weighted by Crippen LogP contribution is 2.12. The van der Waals surface area contributed by atoms with Gasteiger partial charge in [-0.1, -0.05) is 19.1 Å². The van der Waals surface area contributed by atoms with Crippen LogP contribution in [0.25, 0.3) is 0 Å². The molecule has 0 amide bonds. The zero-order valence-corrected chi connectivity index (χ0v) is 5.79. The Hall–Kier alpha value is -0.150. The van der Waals surface area contributed by atoms with E-state index >= 15 is 0 Å². The molecule has 1 N–H and O–H groups in total. The third kappa shape index (κ3) is 0.833. The van der Waals surface area contributed by atoms with Crippen LogP contribution in [0.2, 0.25) is 0 Å². The Morgan fingerprint density at radius 3 is 2.38 bits per heavy atom. The minimum Gasteiger partial charge on any atom is -0.272 e. The fraction of sp³-hybridized carbons (Fsp3) is 0.800. The van der Waals surface area contributed by atoms with Crippen LogP contribution in [0, 0.1) is 5.92 Å². The summed E-state index contributed by atoms with van der Waals surface area (Å²) in [6.45, 7) is 4.05. The molecule has 1 heterocycles. The summed E-state index contributed by atoms with van der Waals surface area (Å²) < 4.78 is 0. The first-order valence-corrected chi connectivity index (χ1v) is 3.08. The van der Waals surface area contributed by atoms with Crippen LogP contribution in [-0.2, 0) is 4.84 Å². The van der Waals surface area contributed by atoms with Crippen molar-refractivity contribution in [1.82, 2.24) is 5.48 Å². The van der Waals surface area contributed by atoms with E-state index in [-0.39, 0.29) is 6.10 Å². The summed E-state index contributed by atoms with van der Waals surface area (Å²) in [6.07, 6.45) is 0.238. The molecule has 8 heavy (non-hydrogen) atoms. The Morgan fingerprint density at radius 2 is 2.25 bits per heavy atom. The molecule has 2 nitrogen and oxygen atoms in total. The van der Waals surface area contributed by atoms with E-state index in [9.17, 15) is 0 Å². The van der Waals surface area contributed by atoms with E-state index in [1.165, 1.54) is 0 Å². The molecule has 2 unspecified atom stereocenters. The summed E-state index contributed by atoms with van der Waals surface area (Å²) in [5, 5.41) is 0. The average Bonchev–Trinajstić information content (AvgIpc) is 1.98. The van der Waals surface area contributed by atoms with Crippen LogP contribution in [0.5, 0.6) is 0 Å². The van der Waals surface area contributed by atoms with Gasteiger partial charge in [-0.3, -0.25) is 10.3 Å². The Kier molecular flexibility index (Phi) is 1.49. The van der Waals surface area contributed by atoms with E-state index in [0.717, 1.165) is 4.99 Å². The van der Waals surface area contributed by atoms with Crippen LogP contribution in [0.15, 0.2) is 0 Å². The normalized spacial score (nSPS) is 37.5. The lowest BCUT2D eigenvalue weighted by Gasteiger charge is -2.00. The monoisotopic (exact) mass is 131 g/mol. The van der Waals surface area contributed by atoms with Crippen LogP contribution >= 0.6 is 12.2 Å². The Morgan fingerprint density at radius 1 is 1.62 bits per heavy atom. The highest BCUT2D eigenvalue weighted by Gasteiger charge is 2.24. The van der Waals surface area contributed by atoms with Gasteiger partial charge in [0, 0.05) is 5.92 Å². The van der Waals surface area contributed by atoms with Crippen molar-refractivity contribution in [2.45, 2.75) is 20.0 Å². The van der Waals surface area contributed by atoms with E-state index < -0.39 is 0 Å². The van der Waals surface area contributed by atoms with Gasteiger partial charge >= 0.3 is 0 Å². The first-order chi connectivity index (χ1) is 3.72. The molecule has 0 aromatic rings. The fourth-order valence-corrected chi connectivity index (χ4v) is 0.799. The molecule has 1 saturated heterocycles. The van der Waals surface area contributed by atoms with Crippen molar-refractivity contribution in [2.75, 3.05) is 0 Å².